The number of nitro groups is 1. The topological polar surface area (TPSA) is 88.3 Å². The van der Waals surface area contributed by atoms with Crippen molar-refractivity contribution in [3.63, 3.8) is 0 Å². The van der Waals surface area contributed by atoms with E-state index >= 15 is 0 Å². The Balaban J connectivity index is 1.44. The summed E-state index contributed by atoms with van der Waals surface area (Å²) in [6.07, 6.45) is 3.32. The molecule has 0 aliphatic carbocycles. The predicted molar refractivity (Wildman–Crippen MR) is 115 cm³/mol. The van der Waals surface area contributed by atoms with Crippen molar-refractivity contribution < 1.29 is 4.92 Å². The van der Waals surface area contributed by atoms with E-state index in [4.69, 9.17) is 0 Å². The molecule has 5 rings (SSSR count). The van der Waals surface area contributed by atoms with Gasteiger partial charge in [-0.3, -0.25) is 15.1 Å². The summed E-state index contributed by atoms with van der Waals surface area (Å²) in [5.74, 6) is 0.977. The van der Waals surface area contributed by atoms with Crippen LogP contribution in [-0.4, -0.2) is 46.1 Å². The molecule has 0 bridgehead atoms. The van der Waals surface area contributed by atoms with Crippen LogP contribution in [0.1, 0.15) is 4.88 Å². The molecule has 1 aliphatic heterocycles. The molecular formula is C20H18N6O2S. The number of pyridine rings is 1. The number of thiophene rings is 1. The average molecular weight is 406 g/mol. The standard InChI is InChI=1S/C20H18N6O2S/c1-13-11-15-19(22-12-23-20(15)29-13)25-9-7-24(8-10-25)17-5-4-16(26(27)28)14-3-2-6-21-18(14)17/h2-6,11-12H,7-10H2,1H3. The number of hydrogen-bond donors (Lipinski definition) is 0. The molecule has 1 fully saturated rings. The minimum atomic E-state index is -0.352. The lowest BCUT2D eigenvalue weighted by molar-refractivity contribution is -0.383. The Morgan fingerprint density at radius 2 is 1.83 bits per heavy atom. The van der Waals surface area contributed by atoms with Gasteiger partial charge in [-0.15, -0.1) is 11.3 Å². The lowest BCUT2D eigenvalue weighted by Gasteiger charge is -2.37. The first-order valence-corrected chi connectivity index (χ1v) is 10.2. The average Bonchev–Trinajstić information content (AvgIpc) is 3.13. The van der Waals surface area contributed by atoms with E-state index in [0.717, 1.165) is 47.9 Å². The third-order valence-corrected chi connectivity index (χ3v) is 6.23. The Kier molecular flexibility index (Phi) is 4.24. The predicted octanol–water partition coefficient (Wildman–Crippen LogP) is 3.78. The summed E-state index contributed by atoms with van der Waals surface area (Å²) < 4.78 is 0. The molecule has 0 saturated carbocycles. The van der Waals surface area contributed by atoms with Crippen LogP contribution in [-0.2, 0) is 0 Å². The Morgan fingerprint density at radius 3 is 2.62 bits per heavy atom. The van der Waals surface area contributed by atoms with Gasteiger partial charge in [0.1, 0.15) is 22.5 Å². The van der Waals surface area contributed by atoms with Crippen molar-refractivity contribution in [3.8, 4) is 0 Å². The number of rotatable bonds is 3. The van der Waals surface area contributed by atoms with Gasteiger partial charge in [0.05, 0.1) is 21.4 Å². The van der Waals surface area contributed by atoms with Gasteiger partial charge in [0.15, 0.2) is 0 Å². The van der Waals surface area contributed by atoms with Crippen LogP contribution < -0.4 is 9.80 Å². The lowest BCUT2D eigenvalue weighted by Crippen LogP contribution is -2.47. The van der Waals surface area contributed by atoms with Gasteiger partial charge in [0.2, 0.25) is 0 Å². The van der Waals surface area contributed by atoms with Gasteiger partial charge in [0, 0.05) is 43.3 Å². The molecule has 146 valence electrons. The Morgan fingerprint density at radius 1 is 1.03 bits per heavy atom. The van der Waals surface area contributed by atoms with Crippen LogP contribution in [0.2, 0.25) is 0 Å². The van der Waals surface area contributed by atoms with E-state index in [1.54, 1.807) is 42.1 Å². The fourth-order valence-corrected chi connectivity index (χ4v) is 4.77. The van der Waals surface area contributed by atoms with Crippen LogP contribution in [0.5, 0.6) is 0 Å². The maximum atomic E-state index is 11.4. The number of aromatic nitrogens is 3. The third-order valence-electron chi connectivity index (χ3n) is 5.27. The number of anilines is 2. The molecular weight excluding hydrogens is 388 g/mol. The second kappa shape index (κ2) is 6.93. The highest BCUT2D eigenvalue weighted by atomic mass is 32.1. The maximum absolute atomic E-state index is 11.4. The maximum Gasteiger partial charge on any atom is 0.278 e. The molecule has 0 N–H and O–H groups in total. The summed E-state index contributed by atoms with van der Waals surface area (Å²) in [6, 6.07) is 9.04. The number of fused-ring (bicyclic) bond motifs is 2. The highest BCUT2D eigenvalue weighted by molar-refractivity contribution is 7.18. The van der Waals surface area contributed by atoms with Crippen molar-refractivity contribution in [3.05, 3.63) is 57.8 Å². The molecule has 0 spiro atoms. The summed E-state index contributed by atoms with van der Waals surface area (Å²) in [5, 5.41) is 13.0. The largest absolute Gasteiger partial charge is 0.366 e. The number of hydrogen-bond acceptors (Lipinski definition) is 8. The van der Waals surface area contributed by atoms with Gasteiger partial charge in [0.25, 0.3) is 5.69 Å². The first-order chi connectivity index (χ1) is 14.1. The summed E-state index contributed by atoms with van der Waals surface area (Å²) in [7, 11) is 0. The van der Waals surface area contributed by atoms with E-state index in [0.29, 0.717) is 10.9 Å². The fraction of sp³-hybridized carbons (Fsp3) is 0.250. The first kappa shape index (κ1) is 17.7. The summed E-state index contributed by atoms with van der Waals surface area (Å²) in [5.41, 5.74) is 1.70. The molecule has 8 nitrogen and oxygen atoms in total. The third kappa shape index (κ3) is 3.03. The smallest absolute Gasteiger partial charge is 0.278 e. The van der Waals surface area contributed by atoms with Crippen LogP contribution in [0.4, 0.5) is 17.2 Å². The first-order valence-electron chi connectivity index (χ1n) is 9.35. The molecule has 4 heterocycles. The molecule has 0 unspecified atom stereocenters. The number of nitrogens with zero attached hydrogens (tertiary/aromatic N) is 6. The molecule has 1 aromatic carbocycles. The SMILES string of the molecule is Cc1cc2c(N3CCN(c4ccc([N+](=O)[O-])c5cccnc45)CC3)ncnc2s1. The number of aryl methyl sites for hydroxylation is 1. The van der Waals surface area contributed by atoms with Crippen LogP contribution in [0.25, 0.3) is 21.1 Å². The Hall–Kier alpha value is -3.33. The second-order valence-electron chi connectivity index (χ2n) is 7.01. The number of non-ortho nitro benzene ring substituents is 1. The number of piperazine rings is 1. The molecule has 0 amide bonds. The van der Waals surface area contributed by atoms with Gasteiger partial charge >= 0.3 is 0 Å². The zero-order valence-corrected chi connectivity index (χ0v) is 16.6. The quantitative estimate of drug-likeness (QED) is 0.378. The van der Waals surface area contributed by atoms with E-state index in [1.165, 1.54) is 4.88 Å². The van der Waals surface area contributed by atoms with E-state index < -0.39 is 0 Å². The minimum Gasteiger partial charge on any atom is -0.366 e. The highest BCUT2D eigenvalue weighted by Gasteiger charge is 2.24. The fourth-order valence-electron chi connectivity index (χ4n) is 3.93. The van der Waals surface area contributed by atoms with E-state index in [2.05, 4.69) is 37.7 Å². The lowest BCUT2D eigenvalue weighted by atomic mass is 10.1. The van der Waals surface area contributed by atoms with E-state index in [1.807, 2.05) is 6.07 Å². The van der Waals surface area contributed by atoms with E-state index in [9.17, 15) is 10.1 Å². The molecule has 29 heavy (non-hydrogen) atoms. The molecule has 0 radical (unpaired) electrons. The Bertz CT molecular complexity index is 1230. The molecule has 3 aromatic heterocycles. The van der Waals surface area contributed by atoms with Crippen molar-refractivity contribution in [2.45, 2.75) is 6.92 Å². The molecule has 0 atom stereocenters. The number of nitro benzene ring substituents is 1. The second-order valence-corrected chi connectivity index (χ2v) is 8.24. The van der Waals surface area contributed by atoms with Gasteiger partial charge in [-0.1, -0.05) is 0 Å². The summed E-state index contributed by atoms with van der Waals surface area (Å²) in [4.78, 5) is 31.1. The van der Waals surface area contributed by atoms with Crippen LogP contribution >= 0.6 is 11.3 Å². The van der Waals surface area contributed by atoms with Crippen LogP contribution in [0.3, 0.4) is 0 Å². The minimum absolute atomic E-state index is 0.0895. The van der Waals surface area contributed by atoms with Crippen LogP contribution in [0.15, 0.2) is 42.9 Å². The monoisotopic (exact) mass is 406 g/mol. The van der Waals surface area contributed by atoms with Crippen molar-refractivity contribution >= 4 is 49.6 Å². The normalized spacial score (nSPS) is 14.7. The molecule has 1 aliphatic rings. The number of benzene rings is 1. The van der Waals surface area contributed by atoms with Gasteiger partial charge in [-0.05, 0) is 31.2 Å². The summed E-state index contributed by atoms with van der Waals surface area (Å²) in [6.45, 7) is 5.29. The molecule has 1 saturated heterocycles. The summed E-state index contributed by atoms with van der Waals surface area (Å²) >= 11 is 1.68. The van der Waals surface area contributed by atoms with Gasteiger partial charge in [-0.25, -0.2) is 9.97 Å². The van der Waals surface area contributed by atoms with Gasteiger partial charge in [-0.2, -0.15) is 0 Å². The van der Waals surface area contributed by atoms with Crippen LogP contribution in [0, 0.1) is 17.0 Å². The van der Waals surface area contributed by atoms with Gasteiger partial charge < -0.3 is 9.80 Å². The van der Waals surface area contributed by atoms with E-state index in [-0.39, 0.29) is 10.6 Å². The molecule has 4 aromatic rings. The Labute approximate surface area is 170 Å². The molecule has 9 heteroatoms. The van der Waals surface area contributed by atoms with Crippen molar-refractivity contribution in [1.29, 1.82) is 0 Å². The van der Waals surface area contributed by atoms with Crippen molar-refractivity contribution in [2.24, 2.45) is 0 Å². The highest BCUT2D eigenvalue weighted by Crippen LogP contribution is 2.34. The zero-order valence-electron chi connectivity index (χ0n) is 15.8. The van der Waals surface area contributed by atoms with Crippen molar-refractivity contribution in [2.75, 3.05) is 36.0 Å². The zero-order chi connectivity index (χ0) is 20.0. The van der Waals surface area contributed by atoms with Crippen molar-refractivity contribution in [1.82, 2.24) is 15.0 Å².